The molecule has 2 atom stereocenters. The van der Waals surface area contributed by atoms with E-state index in [9.17, 15) is 0 Å². The van der Waals surface area contributed by atoms with Crippen molar-refractivity contribution in [2.45, 2.75) is 32.1 Å². The molecule has 19 heavy (non-hydrogen) atoms. The van der Waals surface area contributed by atoms with Gasteiger partial charge in [-0.2, -0.15) is 0 Å². The van der Waals surface area contributed by atoms with Crippen molar-refractivity contribution in [3.05, 3.63) is 23.8 Å². The molecule has 1 N–H and O–H groups in total. The highest BCUT2D eigenvalue weighted by atomic mass is 16.6. The number of nitrogens with one attached hydrogen (secondary N) is 1. The molecule has 2 aliphatic rings. The van der Waals surface area contributed by atoms with E-state index in [1.807, 2.05) is 0 Å². The van der Waals surface area contributed by atoms with Gasteiger partial charge in [0.2, 0.25) is 0 Å². The molecule has 3 heteroatoms. The highest BCUT2D eigenvalue weighted by molar-refractivity contribution is 5.45. The van der Waals surface area contributed by atoms with Crippen molar-refractivity contribution >= 4 is 0 Å². The molecule has 0 aromatic heterocycles. The third-order valence-electron chi connectivity index (χ3n) is 4.25. The highest BCUT2D eigenvalue weighted by Gasteiger charge is 2.32. The zero-order chi connectivity index (χ0) is 13.1. The average molecular weight is 261 g/mol. The number of rotatable bonds is 5. The Morgan fingerprint density at radius 3 is 2.74 bits per heavy atom. The second-order valence-corrected chi connectivity index (χ2v) is 5.55. The molecule has 3 rings (SSSR count). The lowest BCUT2D eigenvalue weighted by Gasteiger charge is -2.37. The number of benzene rings is 1. The minimum Gasteiger partial charge on any atom is -0.486 e. The Morgan fingerprint density at radius 1 is 1.16 bits per heavy atom. The predicted molar refractivity (Wildman–Crippen MR) is 76.1 cm³/mol. The summed E-state index contributed by atoms with van der Waals surface area (Å²) in [6, 6.07) is 6.47. The van der Waals surface area contributed by atoms with E-state index < -0.39 is 0 Å². The fourth-order valence-electron chi connectivity index (χ4n) is 3.01. The molecular formula is C16H23NO2. The number of ether oxygens (including phenoxy) is 2. The van der Waals surface area contributed by atoms with Gasteiger partial charge in [-0.15, -0.1) is 0 Å². The second-order valence-electron chi connectivity index (χ2n) is 5.55. The Bertz CT molecular complexity index is 433. The summed E-state index contributed by atoms with van der Waals surface area (Å²) in [7, 11) is 0. The van der Waals surface area contributed by atoms with Crippen LogP contribution in [0.3, 0.4) is 0 Å². The van der Waals surface area contributed by atoms with Crippen molar-refractivity contribution in [3.63, 3.8) is 0 Å². The minimum atomic E-state index is 0.666. The number of hydrogen-bond donors (Lipinski definition) is 1. The summed E-state index contributed by atoms with van der Waals surface area (Å²) in [5.41, 5.74) is 1.42. The summed E-state index contributed by atoms with van der Waals surface area (Å²) in [4.78, 5) is 0. The molecule has 1 aromatic carbocycles. The van der Waals surface area contributed by atoms with Crippen LogP contribution in [0.2, 0.25) is 0 Å². The monoisotopic (exact) mass is 261 g/mol. The van der Waals surface area contributed by atoms with Crippen LogP contribution in [-0.4, -0.2) is 26.3 Å². The third-order valence-corrected chi connectivity index (χ3v) is 4.25. The molecule has 1 aliphatic heterocycles. The summed E-state index contributed by atoms with van der Waals surface area (Å²) in [5, 5.41) is 3.54. The van der Waals surface area contributed by atoms with Gasteiger partial charge in [-0.25, -0.2) is 0 Å². The van der Waals surface area contributed by atoms with Crippen LogP contribution < -0.4 is 14.8 Å². The van der Waals surface area contributed by atoms with Gasteiger partial charge < -0.3 is 14.8 Å². The maximum atomic E-state index is 5.68. The van der Waals surface area contributed by atoms with E-state index in [1.54, 1.807) is 0 Å². The second kappa shape index (κ2) is 5.83. The van der Waals surface area contributed by atoms with Gasteiger partial charge in [-0.1, -0.05) is 13.0 Å². The lowest BCUT2D eigenvalue weighted by Crippen LogP contribution is -2.34. The zero-order valence-corrected chi connectivity index (χ0v) is 11.7. The van der Waals surface area contributed by atoms with Crippen LogP contribution in [0.4, 0.5) is 0 Å². The molecule has 3 nitrogen and oxygen atoms in total. The first-order chi connectivity index (χ1) is 9.38. The van der Waals surface area contributed by atoms with Gasteiger partial charge in [0.1, 0.15) is 13.2 Å². The van der Waals surface area contributed by atoms with Crippen LogP contribution in [0, 0.1) is 5.92 Å². The molecule has 0 spiro atoms. The molecule has 1 aliphatic carbocycles. The van der Waals surface area contributed by atoms with E-state index in [1.165, 1.54) is 24.8 Å². The first-order valence-electron chi connectivity index (χ1n) is 7.48. The summed E-state index contributed by atoms with van der Waals surface area (Å²) in [6.07, 6.45) is 3.86. The maximum absolute atomic E-state index is 5.68. The summed E-state index contributed by atoms with van der Waals surface area (Å²) in [5.74, 6) is 3.31. The maximum Gasteiger partial charge on any atom is 0.161 e. The molecule has 1 saturated carbocycles. The minimum absolute atomic E-state index is 0.666. The average Bonchev–Trinajstić information content (AvgIpc) is 2.42. The smallest absolute Gasteiger partial charge is 0.161 e. The van der Waals surface area contributed by atoms with E-state index in [0.717, 1.165) is 30.5 Å². The fraction of sp³-hybridized carbons (Fsp3) is 0.625. The molecule has 1 fully saturated rings. The van der Waals surface area contributed by atoms with Gasteiger partial charge in [-0.05, 0) is 61.9 Å². The van der Waals surface area contributed by atoms with Gasteiger partial charge in [0.15, 0.2) is 11.5 Å². The molecule has 0 saturated heterocycles. The van der Waals surface area contributed by atoms with Gasteiger partial charge in [0.05, 0.1) is 0 Å². The van der Waals surface area contributed by atoms with Crippen LogP contribution >= 0.6 is 0 Å². The SMILES string of the molecule is CCCNCC1CCC1c1ccc2c(c1)OCCO2. The quantitative estimate of drug-likeness (QED) is 0.827. The molecule has 0 radical (unpaired) electrons. The van der Waals surface area contributed by atoms with E-state index in [0.29, 0.717) is 19.1 Å². The van der Waals surface area contributed by atoms with Crippen molar-refractivity contribution in [2.75, 3.05) is 26.3 Å². The van der Waals surface area contributed by atoms with Crippen LogP contribution in [0.5, 0.6) is 11.5 Å². The molecule has 104 valence electrons. The topological polar surface area (TPSA) is 30.5 Å². The van der Waals surface area contributed by atoms with Gasteiger partial charge >= 0.3 is 0 Å². The molecule has 2 unspecified atom stereocenters. The van der Waals surface area contributed by atoms with Crippen LogP contribution in [0.15, 0.2) is 18.2 Å². The zero-order valence-electron chi connectivity index (χ0n) is 11.7. The molecule has 1 aromatic rings. The van der Waals surface area contributed by atoms with Crippen molar-refractivity contribution in [1.82, 2.24) is 5.32 Å². The van der Waals surface area contributed by atoms with Crippen molar-refractivity contribution in [1.29, 1.82) is 0 Å². The normalized spacial score (nSPS) is 24.9. The molecular weight excluding hydrogens is 238 g/mol. The van der Waals surface area contributed by atoms with Crippen molar-refractivity contribution in [2.24, 2.45) is 5.92 Å². The standard InChI is InChI=1S/C16H23NO2/c1-2-7-17-11-13-3-5-14(13)12-4-6-15-16(10-12)19-9-8-18-15/h4,6,10,13-14,17H,2-3,5,7-9,11H2,1H3. The van der Waals surface area contributed by atoms with E-state index in [4.69, 9.17) is 9.47 Å². The Balaban J connectivity index is 1.65. The third kappa shape index (κ3) is 2.71. The Hall–Kier alpha value is -1.22. The number of hydrogen-bond acceptors (Lipinski definition) is 3. The lowest BCUT2D eigenvalue weighted by atomic mass is 9.70. The summed E-state index contributed by atoms with van der Waals surface area (Å²) >= 11 is 0. The summed E-state index contributed by atoms with van der Waals surface area (Å²) in [6.45, 7) is 5.82. The Morgan fingerprint density at radius 2 is 2.00 bits per heavy atom. The molecule has 0 amide bonds. The molecule has 1 heterocycles. The van der Waals surface area contributed by atoms with Crippen molar-refractivity contribution in [3.8, 4) is 11.5 Å². The van der Waals surface area contributed by atoms with Crippen LogP contribution in [0.1, 0.15) is 37.7 Å². The van der Waals surface area contributed by atoms with Gasteiger partial charge in [-0.3, -0.25) is 0 Å². The first kappa shape index (κ1) is 12.8. The van der Waals surface area contributed by atoms with Gasteiger partial charge in [0, 0.05) is 0 Å². The predicted octanol–water partition coefficient (Wildman–Crippen LogP) is 2.95. The van der Waals surface area contributed by atoms with Crippen LogP contribution in [-0.2, 0) is 0 Å². The van der Waals surface area contributed by atoms with Crippen LogP contribution in [0.25, 0.3) is 0 Å². The highest BCUT2D eigenvalue weighted by Crippen LogP contribution is 2.44. The van der Waals surface area contributed by atoms with Gasteiger partial charge in [0.25, 0.3) is 0 Å². The fourth-order valence-corrected chi connectivity index (χ4v) is 3.01. The Kier molecular flexibility index (Phi) is 3.92. The summed E-state index contributed by atoms with van der Waals surface area (Å²) < 4.78 is 11.3. The Labute approximate surface area is 115 Å². The number of fused-ring (bicyclic) bond motifs is 1. The lowest BCUT2D eigenvalue weighted by molar-refractivity contribution is 0.170. The van der Waals surface area contributed by atoms with E-state index in [2.05, 4.69) is 30.4 Å². The largest absolute Gasteiger partial charge is 0.486 e. The molecule has 0 bridgehead atoms. The first-order valence-corrected chi connectivity index (χ1v) is 7.48. The van der Waals surface area contributed by atoms with Crippen molar-refractivity contribution < 1.29 is 9.47 Å². The van der Waals surface area contributed by atoms with E-state index in [-0.39, 0.29) is 0 Å². The van der Waals surface area contributed by atoms with E-state index >= 15 is 0 Å².